The second-order valence-corrected chi connectivity index (χ2v) is 5.45. The molecular formula is C20H24O3. The summed E-state index contributed by atoms with van der Waals surface area (Å²) in [6, 6.07) is 16.0. The highest BCUT2D eigenvalue weighted by Gasteiger charge is 2.04. The summed E-state index contributed by atoms with van der Waals surface area (Å²) in [5.41, 5.74) is 2.35. The molecule has 2 rings (SSSR count). The summed E-state index contributed by atoms with van der Waals surface area (Å²) in [5.74, 6) is 1.48. The van der Waals surface area contributed by atoms with Gasteiger partial charge < -0.3 is 9.47 Å². The molecule has 2 aromatic rings. The summed E-state index contributed by atoms with van der Waals surface area (Å²) in [6.45, 7) is 4.41. The van der Waals surface area contributed by atoms with E-state index in [1.807, 2.05) is 43.3 Å². The summed E-state index contributed by atoms with van der Waals surface area (Å²) in [5, 5.41) is 0. The highest BCUT2D eigenvalue weighted by atomic mass is 16.5. The number of carbonyl (C=O) groups is 1. The fourth-order valence-corrected chi connectivity index (χ4v) is 2.43. The van der Waals surface area contributed by atoms with Crippen molar-refractivity contribution in [3.05, 3.63) is 59.7 Å². The third-order valence-electron chi connectivity index (χ3n) is 3.49. The first-order valence-corrected chi connectivity index (χ1v) is 8.22. The van der Waals surface area contributed by atoms with Crippen LogP contribution < -0.4 is 4.74 Å². The van der Waals surface area contributed by atoms with Crippen LogP contribution in [0.15, 0.2) is 48.5 Å². The minimum absolute atomic E-state index is 0.161. The van der Waals surface area contributed by atoms with Crippen LogP contribution in [0.3, 0.4) is 0 Å². The molecule has 0 aliphatic rings. The zero-order valence-electron chi connectivity index (χ0n) is 13.9. The topological polar surface area (TPSA) is 35.5 Å². The van der Waals surface area contributed by atoms with E-state index < -0.39 is 0 Å². The Morgan fingerprint density at radius 3 is 2.09 bits per heavy atom. The maximum Gasteiger partial charge on any atom is 0.306 e. The van der Waals surface area contributed by atoms with E-state index in [9.17, 15) is 4.79 Å². The first-order valence-electron chi connectivity index (χ1n) is 8.22. The third kappa shape index (κ3) is 5.78. The molecule has 122 valence electrons. The van der Waals surface area contributed by atoms with Gasteiger partial charge in [-0.25, -0.2) is 0 Å². The van der Waals surface area contributed by atoms with E-state index in [0.717, 1.165) is 29.9 Å². The van der Waals surface area contributed by atoms with Gasteiger partial charge in [0.05, 0.1) is 6.61 Å². The Kier molecular flexibility index (Phi) is 6.67. The number of rotatable bonds is 8. The Labute approximate surface area is 138 Å². The summed E-state index contributed by atoms with van der Waals surface area (Å²) < 4.78 is 10.9. The van der Waals surface area contributed by atoms with Crippen LogP contribution in [0.4, 0.5) is 0 Å². The average molecular weight is 312 g/mol. The van der Waals surface area contributed by atoms with E-state index >= 15 is 0 Å². The third-order valence-corrected chi connectivity index (χ3v) is 3.49. The smallest absolute Gasteiger partial charge is 0.306 e. The summed E-state index contributed by atoms with van der Waals surface area (Å²) in [6.07, 6.45) is 3.22. The van der Waals surface area contributed by atoms with Crippen molar-refractivity contribution in [1.29, 1.82) is 0 Å². The molecule has 0 aromatic heterocycles. The quantitative estimate of drug-likeness (QED) is 0.649. The van der Waals surface area contributed by atoms with E-state index in [0.29, 0.717) is 19.4 Å². The van der Waals surface area contributed by atoms with Gasteiger partial charge in [-0.15, -0.1) is 0 Å². The van der Waals surface area contributed by atoms with Crippen molar-refractivity contribution in [1.82, 2.24) is 0 Å². The van der Waals surface area contributed by atoms with Gasteiger partial charge in [-0.05, 0) is 55.2 Å². The minimum atomic E-state index is -0.161. The van der Waals surface area contributed by atoms with Gasteiger partial charge in [0.25, 0.3) is 0 Å². The highest BCUT2D eigenvalue weighted by molar-refractivity contribution is 5.69. The van der Waals surface area contributed by atoms with Crippen LogP contribution in [0, 0.1) is 0 Å². The summed E-state index contributed by atoms with van der Waals surface area (Å²) in [4.78, 5) is 11.4. The Morgan fingerprint density at radius 1 is 0.913 bits per heavy atom. The van der Waals surface area contributed by atoms with Crippen LogP contribution in [0.25, 0.3) is 0 Å². The molecule has 0 saturated heterocycles. The highest BCUT2D eigenvalue weighted by Crippen LogP contribution is 2.24. The van der Waals surface area contributed by atoms with Crippen molar-refractivity contribution in [2.45, 2.75) is 39.5 Å². The van der Waals surface area contributed by atoms with Crippen LogP contribution in [0.1, 0.15) is 37.8 Å². The lowest BCUT2D eigenvalue weighted by molar-refractivity contribution is -0.143. The molecule has 0 bridgehead atoms. The molecule has 0 unspecified atom stereocenters. The van der Waals surface area contributed by atoms with Crippen LogP contribution in [0.2, 0.25) is 0 Å². The van der Waals surface area contributed by atoms with Crippen LogP contribution >= 0.6 is 0 Å². The molecular weight excluding hydrogens is 288 g/mol. The van der Waals surface area contributed by atoms with Gasteiger partial charge in [0.2, 0.25) is 0 Å². The van der Waals surface area contributed by atoms with Crippen LogP contribution in [0.5, 0.6) is 11.5 Å². The first kappa shape index (κ1) is 17.1. The lowest BCUT2D eigenvalue weighted by Gasteiger charge is -2.09. The molecule has 0 radical (unpaired) electrons. The monoisotopic (exact) mass is 312 g/mol. The Balaban J connectivity index is 1.99. The Hall–Kier alpha value is -2.29. The number of carbonyl (C=O) groups excluding carboxylic acids is 1. The molecule has 0 fully saturated rings. The van der Waals surface area contributed by atoms with Gasteiger partial charge in [-0.1, -0.05) is 37.6 Å². The molecule has 0 heterocycles. The fourth-order valence-electron chi connectivity index (χ4n) is 2.43. The normalized spacial score (nSPS) is 10.3. The molecule has 3 heteroatoms. The van der Waals surface area contributed by atoms with Gasteiger partial charge in [-0.3, -0.25) is 4.79 Å². The SMILES string of the molecule is CCCc1cccc(Oc2cccc(CCC(=O)OCC)c2)c1. The van der Waals surface area contributed by atoms with E-state index in [2.05, 4.69) is 19.1 Å². The van der Waals surface area contributed by atoms with Crippen molar-refractivity contribution in [2.75, 3.05) is 6.61 Å². The predicted molar refractivity (Wildman–Crippen MR) is 91.9 cm³/mol. The maximum atomic E-state index is 11.4. The molecule has 23 heavy (non-hydrogen) atoms. The zero-order valence-corrected chi connectivity index (χ0v) is 13.9. The van der Waals surface area contributed by atoms with Crippen molar-refractivity contribution >= 4 is 5.97 Å². The van der Waals surface area contributed by atoms with Gasteiger partial charge in [0.1, 0.15) is 11.5 Å². The Morgan fingerprint density at radius 2 is 1.52 bits per heavy atom. The van der Waals surface area contributed by atoms with Gasteiger partial charge >= 0.3 is 5.97 Å². The van der Waals surface area contributed by atoms with E-state index in [1.54, 1.807) is 0 Å². The maximum absolute atomic E-state index is 11.4. The minimum Gasteiger partial charge on any atom is -0.466 e. The second-order valence-electron chi connectivity index (χ2n) is 5.45. The van der Waals surface area contributed by atoms with Gasteiger partial charge in [0, 0.05) is 6.42 Å². The van der Waals surface area contributed by atoms with Crippen molar-refractivity contribution in [3.63, 3.8) is 0 Å². The first-order chi connectivity index (χ1) is 11.2. The molecule has 0 aliphatic carbocycles. The van der Waals surface area contributed by atoms with E-state index in [-0.39, 0.29) is 5.97 Å². The Bertz CT molecular complexity index is 634. The standard InChI is InChI=1S/C20H24O3/c1-3-7-16-8-5-10-18(14-16)23-19-11-6-9-17(15-19)12-13-20(21)22-4-2/h5-6,8-11,14-15H,3-4,7,12-13H2,1-2H3. The summed E-state index contributed by atoms with van der Waals surface area (Å²) in [7, 11) is 0. The molecule has 2 aromatic carbocycles. The lowest BCUT2D eigenvalue weighted by Crippen LogP contribution is -2.05. The van der Waals surface area contributed by atoms with E-state index in [4.69, 9.17) is 9.47 Å². The fraction of sp³-hybridized carbons (Fsp3) is 0.350. The van der Waals surface area contributed by atoms with Crippen LogP contribution in [-0.4, -0.2) is 12.6 Å². The molecule has 0 amide bonds. The zero-order chi connectivity index (χ0) is 16.5. The van der Waals surface area contributed by atoms with Gasteiger partial charge in [0.15, 0.2) is 0 Å². The number of aryl methyl sites for hydroxylation is 2. The molecule has 3 nitrogen and oxygen atoms in total. The van der Waals surface area contributed by atoms with Crippen LogP contribution in [-0.2, 0) is 22.4 Å². The van der Waals surface area contributed by atoms with Crippen molar-refractivity contribution in [3.8, 4) is 11.5 Å². The largest absolute Gasteiger partial charge is 0.466 e. The molecule has 0 aliphatic heterocycles. The summed E-state index contributed by atoms with van der Waals surface area (Å²) >= 11 is 0. The number of hydrogen-bond donors (Lipinski definition) is 0. The molecule has 0 spiro atoms. The molecule has 0 atom stereocenters. The number of ether oxygens (including phenoxy) is 2. The number of benzene rings is 2. The lowest BCUT2D eigenvalue weighted by atomic mass is 10.1. The number of hydrogen-bond acceptors (Lipinski definition) is 3. The molecule has 0 saturated carbocycles. The van der Waals surface area contributed by atoms with Crippen molar-refractivity contribution in [2.24, 2.45) is 0 Å². The molecule has 0 N–H and O–H groups in total. The van der Waals surface area contributed by atoms with Crippen molar-refractivity contribution < 1.29 is 14.3 Å². The predicted octanol–water partition coefficient (Wildman–Crippen LogP) is 4.93. The van der Waals surface area contributed by atoms with Gasteiger partial charge in [-0.2, -0.15) is 0 Å². The second kappa shape index (κ2) is 8.99. The average Bonchev–Trinajstić information content (AvgIpc) is 2.54. The number of esters is 1. The van der Waals surface area contributed by atoms with E-state index in [1.165, 1.54) is 5.56 Å².